The van der Waals surface area contributed by atoms with Crippen LogP contribution in [0.3, 0.4) is 0 Å². The van der Waals surface area contributed by atoms with Crippen LogP contribution in [0.25, 0.3) is 0 Å². The summed E-state index contributed by atoms with van der Waals surface area (Å²) in [4.78, 5) is 0. The van der Waals surface area contributed by atoms with E-state index in [9.17, 15) is 0 Å². The van der Waals surface area contributed by atoms with Gasteiger partial charge >= 0.3 is 0 Å². The number of hydrogen-bond donors (Lipinski definition) is 0. The van der Waals surface area contributed by atoms with Crippen LogP contribution in [0.15, 0.2) is 34.0 Å². The minimum atomic E-state index is -2.54. The fourth-order valence-corrected chi connectivity index (χ4v) is 14.1. The number of hydrogen-bond acceptors (Lipinski definition) is 9. The smallest absolute Gasteiger partial charge is 0.284 e. The zero-order chi connectivity index (χ0) is 25.8. The molecule has 0 unspecified atom stereocenters. The lowest BCUT2D eigenvalue weighted by atomic mass is 10.9. The minimum absolute atomic E-state index is 0.510. The van der Waals surface area contributed by atoms with Crippen molar-refractivity contribution in [2.24, 2.45) is 0 Å². The Bertz CT molecular complexity index is 541. The molecule has 0 aliphatic heterocycles. The summed E-state index contributed by atoms with van der Waals surface area (Å²) in [6, 6.07) is 0. The standard InChI is InChI=1S/C15H46O9Si10/c1-25-16-10(17-26-2)13(22-31-7)34(14(23-32-8)11(18-27-3)19-28-4)15(24-33-9)12(20-29-5)21-30-6/h34H,25-33H2,1-9H3. The topological polar surface area (TPSA) is 83.1 Å². The molecule has 0 N–H and O–H groups in total. The van der Waals surface area contributed by atoms with Crippen molar-refractivity contribution >= 4 is 96.7 Å². The molecule has 0 fully saturated rings. The van der Waals surface area contributed by atoms with Gasteiger partial charge in [0.1, 0.15) is 16.1 Å². The molecular formula is C15H46O9Si10. The van der Waals surface area contributed by atoms with Crippen molar-refractivity contribution < 1.29 is 39.8 Å². The summed E-state index contributed by atoms with van der Waals surface area (Å²) in [5.74, 6) is 1.53. The van der Waals surface area contributed by atoms with Gasteiger partial charge in [0.2, 0.25) is 87.9 Å². The van der Waals surface area contributed by atoms with Crippen LogP contribution < -0.4 is 0 Å². The highest BCUT2D eigenvalue weighted by atomic mass is 28.3. The van der Waals surface area contributed by atoms with E-state index in [1.54, 1.807) is 0 Å². The van der Waals surface area contributed by atoms with E-state index < -0.39 is 96.7 Å². The summed E-state index contributed by atoms with van der Waals surface area (Å²) in [6.07, 6.45) is 0. The normalized spacial score (nSPS) is 14.0. The average Bonchev–Trinajstić information content (AvgIpc) is 2.82. The summed E-state index contributed by atoms with van der Waals surface area (Å²) in [6.45, 7) is 18.8. The third kappa shape index (κ3) is 11.5. The average molecular weight is 651 g/mol. The molecular weight excluding hydrogens is 605 g/mol. The molecule has 0 aromatic rings. The van der Waals surface area contributed by atoms with Gasteiger partial charge in [-0.15, -0.1) is 0 Å². The minimum Gasteiger partial charge on any atom is -0.551 e. The van der Waals surface area contributed by atoms with Crippen LogP contribution >= 0.6 is 0 Å². The molecule has 0 aromatic heterocycles. The second-order valence-electron chi connectivity index (χ2n) is 6.29. The lowest BCUT2D eigenvalue weighted by Crippen LogP contribution is -2.35. The van der Waals surface area contributed by atoms with Crippen molar-refractivity contribution in [3.8, 4) is 0 Å². The molecule has 0 aliphatic rings. The Morgan fingerprint density at radius 1 is 0.324 bits per heavy atom. The van der Waals surface area contributed by atoms with Crippen LogP contribution in [0.4, 0.5) is 0 Å². The van der Waals surface area contributed by atoms with Crippen molar-refractivity contribution in [2.75, 3.05) is 0 Å². The van der Waals surface area contributed by atoms with Crippen molar-refractivity contribution in [1.29, 1.82) is 0 Å². The van der Waals surface area contributed by atoms with Gasteiger partial charge in [-0.2, -0.15) is 0 Å². The molecule has 0 aliphatic carbocycles. The first-order valence-electron chi connectivity index (χ1n) is 12.4. The Hall–Kier alpha value is -0.411. The Morgan fingerprint density at radius 2 is 0.500 bits per heavy atom. The van der Waals surface area contributed by atoms with Gasteiger partial charge < -0.3 is 39.8 Å². The maximum absolute atomic E-state index is 6.44. The first-order valence-corrected chi connectivity index (χ1v) is 32.1. The van der Waals surface area contributed by atoms with Crippen molar-refractivity contribution in [2.45, 2.75) is 58.9 Å². The van der Waals surface area contributed by atoms with Crippen LogP contribution in [0, 0.1) is 0 Å². The molecule has 0 spiro atoms. The van der Waals surface area contributed by atoms with Crippen molar-refractivity contribution in [3.63, 3.8) is 0 Å². The first kappa shape index (κ1) is 33.6. The van der Waals surface area contributed by atoms with Crippen molar-refractivity contribution in [1.82, 2.24) is 0 Å². The lowest BCUT2D eigenvalue weighted by molar-refractivity contribution is 0.208. The molecule has 34 heavy (non-hydrogen) atoms. The molecule has 0 aromatic carbocycles. The Balaban J connectivity index is 7.57. The zero-order valence-corrected chi connectivity index (χ0v) is 36.5. The molecule has 0 heterocycles. The van der Waals surface area contributed by atoms with E-state index in [1.807, 2.05) is 0 Å². The maximum Gasteiger partial charge on any atom is 0.284 e. The quantitative estimate of drug-likeness (QED) is 0.0937. The Labute approximate surface area is 228 Å². The summed E-state index contributed by atoms with van der Waals surface area (Å²) in [5.41, 5.74) is 0. The van der Waals surface area contributed by atoms with Crippen molar-refractivity contribution in [3.05, 3.63) is 34.0 Å². The van der Waals surface area contributed by atoms with Gasteiger partial charge in [-0.25, -0.2) is 0 Å². The van der Waals surface area contributed by atoms with Gasteiger partial charge in [-0.05, 0) is 58.9 Å². The second-order valence-corrected chi connectivity index (χ2v) is 16.5. The fraction of sp³-hybridized carbons (Fsp3) is 0.600. The largest absolute Gasteiger partial charge is 0.551 e. The fourth-order valence-electron chi connectivity index (χ4n) is 2.94. The monoisotopic (exact) mass is 650 g/mol. The summed E-state index contributed by atoms with van der Waals surface area (Å²) >= 11 is 0. The van der Waals surface area contributed by atoms with Crippen LogP contribution in [0.5, 0.6) is 0 Å². The van der Waals surface area contributed by atoms with E-state index in [0.717, 1.165) is 0 Å². The predicted molar refractivity (Wildman–Crippen MR) is 168 cm³/mol. The molecule has 200 valence electrons. The highest BCUT2D eigenvalue weighted by Crippen LogP contribution is 2.30. The molecule has 19 heteroatoms. The van der Waals surface area contributed by atoms with Crippen LogP contribution in [0.2, 0.25) is 58.9 Å². The van der Waals surface area contributed by atoms with E-state index >= 15 is 0 Å². The van der Waals surface area contributed by atoms with E-state index in [1.165, 1.54) is 0 Å². The van der Waals surface area contributed by atoms with Gasteiger partial charge in [-0.3, -0.25) is 0 Å². The molecule has 0 bridgehead atoms. The third-order valence-electron chi connectivity index (χ3n) is 3.94. The van der Waals surface area contributed by atoms with Gasteiger partial charge in [0.05, 0.1) is 0 Å². The van der Waals surface area contributed by atoms with E-state index in [0.29, 0.717) is 34.0 Å². The SMILES string of the molecule is C[SiH2]OC(O[SiH2]C)=C(O[SiH2]C)[SiH](C(O[SiH2]C)=C(O[SiH2]C)O[SiH2]C)C(O[SiH2]C)=C(O[SiH2]C)O[SiH2]C. The molecule has 0 saturated carbocycles. The zero-order valence-electron chi connectivity index (χ0n) is 22.6. The molecule has 0 amide bonds. The van der Waals surface area contributed by atoms with E-state index in [4.69, 9.17) is 39.8 Å². The predicted octanol–water partition coefficient (Wildman–Crippen LogP) is -3.33. The van der Waals surface area contributed by atoms with Gasteiger partial charge in [0.15, 0.2) is 0 Å². The van der Waals surface area contributed by atoms with Gasteiger partial charge in [0, 0.05) is 0 Å². The molecule has 9 nitrogen and oxygen atoms in total. The highest BCUT2D eigenvalue weighted by molar-refractivity contribution is 6.80. The number of rotatable bonds is 21. The third-order valence-corrected chi connectivity index (χ3v) is 12.8. The van der Waals surface area contributed by atoms with Crippen LogP contribution in [-0.2, 0) is 39.8 Å². The summed E-state index contributed by atoms with van der Waals surface area (Å²) in [5, 5.41) is 2.15. The van der Waals surface area contributed by atoms with Crippen LogP contribution in [-0.4, -0.2) is 96.7 Å². The lowest BCUT2D eigenvalue weighted by Gasteiger charge is -2.29. The van der Waals surface area contributed by atoms with E-state index in [2.05, 4.69) is 58.9 Å². The van der Waals surface area contributed by atoms with Crippen LogP contribution in [0.1, 0.15) is 0 Å². The molecule has 0 saturated heterocycles. The molecule has 0 rings (SSSR count). The molecule has 0 atom stereocenters. The molecule has 0 radical (unpaired) electrons. The maximum atomic E-state index is 6.44. The highest BCUT2D eigenvalue weighted by Gasteiger charge is 2.41. The summed E-state index contributed by atoms with van der Waals surface area (Å²) < 4.78 is 56.1. The second kappa shape index (κ2) is 21.8. The summed E-state index contributed by atoms with van der Waals surface area (Å²) in [7, 11) is -9.85. The van der Waals surface area contributed by atoms with Gasteiger partial charge in [0.25, 0.3) is 26.6 Å². The van der Waals surface area contributed by atoms with E-state index in [-0.39, 0.29) is 0 Å². The van der Waals surface area contributed by atoms with Gasteiger partial charge in [-0.1, -0.05) is 0 Å². The Morgan fingerprint density at radius 3 is 0.647 bits per heavy atom. The first-order chi connectivity index (χ1) is 16.5. The Kier molecular flexibility index (Phi) is 21.6.